The molecule has 0 aromatic heterocycles. The zero-order valence-corrected chi connectivity index (χ0v) is 9.86. The second-order valence-electron chi connectivity index (χ2n) is 0.250. The Kier molecular flexibility index (Phi) is 66.6. The largest absolute Gasteiger partial charge is 1.00 e. The fourth-order valence-electron chi connectivity index (χ4n) is 0. The van der Waals surface area contributed by atoms with E-state index < -0.39 is 6.16 Å². The summed E-state index contributed by atoms with van der Waals surface area (Å²) < 4.78 is 0. The Labute approximate surface area is 97.0 Å². The van der Waals surface area contributed by atoms with Crippen molar-refractivity contribution >= 4 is 17.8 Å². The Balaban J connectivity index is -0.0000000183. The predicted octanol–water partition coefficient (Wildman–Crippen LogP) is -7.58. The summed E-state index contributed by atoms with van der Waals surface area (Å²) in [7, 11) is 0. The minimum Gasteiger partial charge on any atom is -0.652 e. The molecular weight excluding hydrogens is 153 g/mol. The zero-order chi connectivity index (χ0) is 5.58. The minimum absolute atomic E-state index is 0. The molecule has 0 aliphatic rings. The Bertz CT molecular complexity index is 38.3. The van der Waals surface area contributed by atoms with Gasteiger partial charge in [0.15, 0.2) is 0 Å². The number of alkyl halides is 1. The molecule has 0 atom stereocenters. The van der Waals surface area contributed by atoms with Crippen molar-refractivity contribution in [1.29, 1.82) is 0 Å². The number of halogens is 1. The molecule has 0 heterocycles. The Morgan fingerprint density at radius 2 is 1.25 bits per heavy atom. The molecule has 0 fully saturated rings. The van der Waals surface area contributed by atoms with Crippen molar-refractivity contribution in [2.75, 3.05) is 6.38 Å². The standard InChI is InChI=1S/CH3Cl.CH2O3.2Na/c1-2;2-1(3)4;;/h1H3;(H2,2,3,4);;/q;;2*+1/p-2. The van der Waals surface area contributed by atoms with Crippen molar-refractivity contribution in [1.82, 2.24) is 0 Å². The van der Waals surface area contributed by atoms with Crippen LogP contribution in [0.25, 0.3) is 0 Å². The molecule has 0 saturated heterocycles. The van der Waals surface area contributed by atoms with Crippen LogP contribution >= 0.6 is 11.6 Å². The molecule has 0 N–H and O–H groups in total. The van der Waals surface area contributed by atoms with Crippen LogP contribution in [0.5, 0.6) is 0 Å². The Morgan fingerprint density at radius 1 is 1.25 bits per heavy atom. The molecule has 0 aromatic rings. The van der Waals surface area contributed by atoms with Gasteiger partial charge in [0, 0.05) is 6.38 Å². The van der Waals surface area contributed by atoms with Gasteiger partial charge in [-0.1, -0.05) is 0 Å². The average Bonchev–Trinajstić information content (AvgIpc) is 1.41. The molecule has 8 heavy (non-hydrogen) atoms. The van der Waals surface area contributed by atoms with Gasteiger partial charge in [-0.3, -0.25) is 0 Å². The third-order valence-electron chi connectivity index (χ3n) is 0. The zero-order valence-electron chi connectivity index (χ0n) is 5.10. The molecular formula is C2H3ClNa2O3. The first-order valence-corrected chi connectivity index (χ1v) is 1.75. The van der Waals surface area contributed by atoms with Crippen molar-refractivity contribution in [3.63, 3.8) is 0 Å². The maximum absolute atomic E-state index is 8.33. The van der Waals surface area contributed by atoms with Crippen LogP contribution in [0.15, 0.2) is 0 Å². The molecule has 0 aromatic carbocycles. The first-order chi connectivity index (χ1) is 2.73. The Morgan fingerprint density at radius 3 is 1.25 bits per heavy atom. The van der Waals surface area contributed by atoms with Gasteiger partial charge in [-0.15, -0.1) is 11.6 Å². The van der Waals surface area contributed by atoms with Crippen LogP contribution in [-0.2, 0) is 0 Å². The normalized spacial score (nSPS) is 3.75. The van der Waals surface area contributed by atoms with Crippen LogP contribution in [-0.4, -0.2) is 12.5 Å². The summed E-state index contributed by atoms with van der Waals surface area (Å²) in [5.74, 6) is 0. The van der Waals surface area contributed by atoms with Crippen LogP contribution in [0.3, 0.4) is 0 Å². The average molecular weight is 156 g/mol. The first-order valence-electron chi connectivity index (χ1n) is 0.990. The minimum atomic E-state index is -2.33. The molecule has 0 amide bonds. The van der Waals surface area contributed by atoms with E-state index in [0.29, 0.717) is 0 Å². The van der Waals surface area contributed by atoms with E-state index in [0.717, 1.165) is 0 Å². The van der Waals surface area contributed by atoms with E-state index in [2.05, 4.69) is 11.6 Å². The van der Waals surface area contributed by atoms with Crippen molar-refractivity contribution < 1.29 is 74.1 Å². The maximum atomic E-state index is 8.33. The molecule has 0 aliphatic heterocycles. The van der Waals surface area contributed by atoms with Crippen LogP contribution in [0.4, 0.5) is 4.79 Å². The molecule has 38 valence electrons. The van der Waals surface area contributed by atoms with Gasteiger partial charge >= 0.3 is 59.1 Å². The van der Waals surface area contributed by atoms with Crippen LogP contribution in [0.2, 0.25) is 0 Å². The van der Waals surface area contributed by atoms with Gasteiger partial charge < -0.3 is 15.0 Å². The van der Waals surface area contributed by atoms with Gasteiger partial charge in [0.05, 0.1) is 0 Å². The van der Waals surface area contributed by atoms with Crippen LogP contribution in [0.1, 0.15) is 0 Å². The molecule has 0 radical (unpaired) electrons. The van der Waals surface area contributed by atoms with Crippen molar-refractivity contribution in [2.45, 2.75) is 0 Å². The summed E-state index contributed by atoms with van der Waals surface area (Å²) in [5, 5.41) is 16.7. The predicted molar refractivity (Wildman–Crippen MR) is 17.2 cm³/mol. The molecule has 0 bridgehead atoms. The van der Waals surface area contributed by atoms with Gasteiger partial charge in [0.25, 0.3) is 0 Å². The molecule has 0 spiro atoms. The summed E-state index contributed by atoms with van der Waals surface area (Å²) in [5.41, 5.74) is 0. The molecule has 0 aliphatic carbocycles. The molecule has 3 nitrogen and oxygen atoms in total. The van der Waals surface area contributed by atoms with Crippen molar-refractivity contribution in [3.8, 4) is 0 Å². The SMILES string of the molecule is CCl.O=C([O-])[O-].[Na+].[Na+]. The summed E-state index contributed by atoms with van der Waals surface area (Å²) in [6.07, 6.45) is -0.861. The quantitative estimate of drug-likeness (QED) is 0.259. The second kappa shape index (κ2) is 23.5. The van der Waals surface area contributed by atoms with Gasteiger partial charge in [-0.05, 0) is 6.16 Å². The van der Waals surface area contributed by atoms with E-state index in [1.807, 2.05) is 0 Å². The van der Waals surface area contributed by atoms with E-state index in [4.69, 9.17) is 15.0 Å². The van der Waals surface area contributed by atoms with Gasteiger partial charge in [0.1, 0.15) is 0 Å². The Hall–Kier alpha value is 1.56. The fourth-order valence-corrected chi connectivity index (χ4v) is 0. The molecule has 0 unspecified atom stereocenters. The molecule has 0 saturated carbocycles. The summed E-state index contributed by atoms with van der Waals surface area (Å²) in [6, 6.07) is 0. The van der Waals surface area contributed by atoms with Gasteiger partial charge in [-0.2, -0.15) is 0 Å². The maximum Gasteiger partial charge on any atom is 1.00 e. The summed E-state index contributed by atoms with van der Waals surface area (Å²) >= 11 is 4.64. The number of hydrogen-bond acceptors (Lipinski definition) is 3. The number of carbonyl (C=O) groups is 1. The number of hydrogen-bond donors (Lipinski definition) is 0. The third kappa shape index (κ3) is 134. The first kappa shape index (κ1) is 22.7. The fraction of sp³-hybridized carbons (Fsp3) is 0.500. The molecule has 6 heteroatoms. The summed E-state index contributed by atoms with van der Waals surface area (Å²) in [4.78, 5) is 8.33. The van der Waals surface area contributed by atoms with Crippen molar-refractivity contribution in [2.24, 2.45) is 0 Å². The second-order valence-corrected chi connectivity index (χ2v) is 0.250. The van der Waals surface area contributed by atoms with E-state index in [-0.39, 0.29) is 59.1 Å². The van der Waals surface area contributed by atoms with Crippen molar-refractivity contribution in [3.05, 3.63) is 0 Å². The van der Waals surface area contributed by atoms with E-state index in [9.17, 15) is 0 Å². The molecule has 0 rings (SSSR count). The number of carboxylic acid groups (broad SMARTS) is 2. The number of carbonyl (C=O) groups excluding carboxylic acids is 1. The van der Waals surface area contributed by atoms with E-state index in [1.54, 1.807) is 0 Å². The van der Waals surface area contributed by atoms with E-state index in [1.165, 1.54) is 6.38 Å². The summed E-state index contributed by atoms with van der Waals surface area (Å²) in [6.45, 7) is 0. The monoisotopic (exact) mass is 156 g/mol. The van der Waals surface area contributed by atoms with E-state index >= 15 is 0 Å². The van der Waals surface area contributed by atoms with Gasteiger partial charge in [0.2, 0.25) is 0 Å². The van der Waals surface area contributed by atoms with Gasteiger partial charge in [-0.25, -0.2) is 0 Å². The van der Waals surface area contributed by atoms with Crippen LogP contribution < -0.4 is 69.3 Å². The topological polar surface area (TPSA) is 63.2 Å². The van der Waals surface area contributed by atoms with Crippen LogP contribution in [0, 0.1) is 0 Å². The number of rotatable bonds is 0. The smallest absolute Gasteiger partial charge is 0.652 e. The third-order valence-corrected chi connectivity index (χ3v) is 0.